The van der Waals surface area contributed by atoms with E-state index >= 15 is 0 Å². The normalized spacial score (nSPS) is 9.27. The van der Waals surface area contributed by atoms with Crippen LogP contribution in [0.15, 0.2) is 0 Å². The second-order valence-corrected chi connectivity index (χ2v) is 3.12. The summed E-state index contributed by atoms with van der Waals surface area (Å²) in [4.78, 5) is 0. The number of hydrogen-bond donors (Lipinski definition) is 0. The Bertz CT molecular complexity index is 49.8. The van der Waals surface area contributed by atoms with Crippen LogP contribution in [0.1, 0.15) is 66.6 Å². The minimum absolute atomic E-state index is 0. The van der Waals surface area contributed by atoms with Gasteiger partial charge in [0.25, 0.3) is 0 Å². The summed E-state index contributed by atoms with van der Waals surface area (Å²) in [5, 5.41) is 0. The average Bonchev–Trinajstić information content (AvgIpc) is 1.97. The minimum atomic E-state index is 0. The minimum Gasteiger partial charge on any atom is -1.00 e. The summed E-state index contributed by atoms with van der Waals surface area (Å²) in [6, 6.07) is 0. The van der Waals surface area contributed by atoms with Crippen molar-refractivity contribution in [1.29, 1.82) is 0 Å². The largest absolute Gasteiger partial charge is 1.00 e. The van der Waals surface area contributed by atoms with Crippen molar-refractivity contribution in [2.75, 3.05) is 0 Å². The van der Waals surface area contributed by atoms with E-state index in [2.05, 4.69) is 13.8 Å². The van der Waals surface area contributed by atoms with Gasteiger partial charge in [-0.05, 0) is 0 Å². The first kappa shape index (κ1) is 15.1. The molecule has 0 saturated carbocycles. The summed E-state index contributed by atoms with van der Waals surface area (Å²) >= 11 is 0. The summed E-state index contributed by atoms with van der Waals surface area (Å²) in [7, 11) is 0. The molecule has 0 atom stereocenters. The second kappa shape index (κ2) is 14.2. The van der Waals surface area contributed by atoms with Gasteiger partial charge < -0.3 is 1.43 Å². The molecule has 0 fully saturated rings. The van der Waals surface area contributed by atoms with Gasteiger partial charge in [-0.25, -0.2) is 0 Å². The Morgan fingerprint density at radius 1 is 0.636 bits per heavy atom. The first-order chi connectivity index (χ1) is 4.91. The van der Waals surface area contributed by atoms with E-state index in [1.165, 1.54) is 51.4 Å². The Balaban J connectivity index is -0.000000405. The molecule has 0 unspecified atom stereocenters. The fourth-order valence-electron chi connectivity index (χ4n) is 1.21. The molecule has 0 aliphatic carbocycles. The first-order valence-electron chi connectivity index (χ1n) is 4.91. The summed E-state index contributed by atoms with van der Waals surface area (Å²) in [5.41, 5.74) is 0. The van der Waals surface area contributed by atoms with Crippen LogP contribution in [-0.2, 0) is 0 Å². The Kier molecular flexibility index (Phi) is 19.5. The third kappa shape index (κ3) is 14.5. The average molecular weight is 182 g/mol. The van der Waals surface area contributed by atoms with Crippen molar-refractivity contribution in [2.45, 2.75) is 65.2 Å². The van der Waals surface area contributed by atoms with Gasteiger partial charge in [0.15, 0.2) is 0 Å². The van der Waals surface area contributed by atoms with Crippen LogP contribution < -0.4 is 51.4 Å². The summed E-state index contributed by atoms with van der Waals surface area (Å²) in [5.74, 6) is 0. The quantitative estimate of drug-likeness (QED) is 0.411. The van der Waals surface area contributed by atoms with Gasteiger partial charge in [0.05, 0.1) is 0 Å². The van der Waals surface area contributed by atoms with E-state index in [0.717, 1.165) is 0 Å². The van der Waals surface area contributed by atoms with Gasteiger partial charge in [-0.15, -0.1) is 0 Å². The maximum absolute atomic E-state index is 2.27. The van der Waals surface area contributed by atoms with Crippen molar-refractivity contribution in [1.82, 2.24) is 0 Å². The second-order valence-electron chi connectivity index (χ2n) is 3.12. The molecule has 64 valence electrons. The predicted molar refractivity (Wildman–Crippen MR) is 49.4 cm³/mol. The molecule has 0 saturated heterocycles. The van der Waals surface area contributed by atoms with E-state index in [4.69, 9.17) is 0 Å². The third-order valence-electron chi connectivity index (χ3n) is 1.96. The van der Waals surface area contributed by atoms with Crippen LogP contribution in [0.3, 0.4) is 0 Å². The van der Waals surface area contributed by atoms with E-state index in [0.29, 0.717) is 0 Å². The fraction of sp³-hybridized carbons (Fsp3) is 1.00. The fourth-order valence-corrected chi connectivity index (χ4v) is 1.21. The van der Waals surface area contributed by atoms with Gasteiger partial charge in [0.1, 0.15) is 0 Å². The third-order valence-corrected chi connectivity index (χ3v) is 1.96. The molecular formula is C10H23K. The molecule has 0 heterocycles. The molecule has 0 N–H and O–H groups in total. The van der Waals surface area contributed by atoms with Crippen molar-refractivity contribution >= 4 is 0 Å². The Labute approximate surface area is 116 Å². The first-order valence-corrected chi connectivity index (χ1v) is 4.91. The summed E-state index contributed by atoms with van der Waals surface area (Å²) < 4.78 is 0. The van der Waals surface area contributed by atoms with Crippen LogP contribution in [0, 0.1) is 0 Å². The van der Waals surface area contributed by atoms with Crippen LogP contribution in [0.5, 0.6) is 0 Å². The maximum atomic E-state index is 2.27. The topological polar surface area (TPSA) is 0 Å². The summed E-state index contributed by atoms with van der Waals surface area (Å²) in [6.45, 7) is 4.54. The van der Waals surface area contributed by atoms with E-state index < -0.39 is 0 Å². The van der Waals surface area contributed by atoms with Gasteiger partial charge in [0.2, 0.25) is 0 Å². The van der Waals surface area contributed by atoms with Crippen molar-refractivity contribution in [3.05, 3.63) is 0 Å². The monoisotopic (exact) mass is 182 g/mol. The van der Waals surface area contributed by atoms with Crippen LogP contribution in [0.4, 0.5) is 0 Å². The predicted octanol–water partition coefficient (Wildman–Crippen LogP) is 1.26. The van der Waals surface area contributed by atoms with Crippen molar-refractivity contribution < 1.29 is 52.8 Å². The molecule has 0 bridgehead atoms. The van der Waals surface area contributed by atoms with E-state index in [-0.39, 0.29) is 52.8 Å². The van der Waals surface area contributed by atoms with Gasteiger partial charge in [-0.2, -0.15) is 0 Å². The van der Waals surface area contributed by atoms with E-state index in [1.807, 2.05) is 0 Å². The van der Waals surface area contributed by atoms with Crippen LogP contribution >= 0.6 is 0 Å². The molecule has 0 aliphatic rings. The van der Waals surface area contributed by atoms with Crippen LogP contribution in [0.2, 0.25) is 0 Å². The molecule has 0 rings (SSSR count). The number of rotatable bonds is 7. The summed E-state index contributed by atoms with van der Waals surface area (Å²) in [6.07, 6.45) is 11.5. The molecular weight excluding hydrogens is 159 g/mol. The molecule has 0 amide bonds. The Morgan fingerprint density at radius 3 is 1.18 bits per heavy atom. The van der Waals surface area contributed by atoms with Crippen LogP contribution in [-0.4, -0.2) is 0 Å². The molecule has 1 heteroatoms. The zero-order chi connectivity index (χ0) is 7.66. The zero-order valence-corrected chi connectivity index (χ0v) is 11.8. The standard InChI is InChI=1S/C10H22.K.H/c1-3-5-7-9-10-8-6-4-2;;/h3-10H2,1-2H3;;/q;+1;-1. The smallest absolute Gasteiger partial charge is 1.00 e. The molecule has 0 aromatic heterocycles. The van der Waals surface area contributed by atoms with Crippen molar-refractivity contribution in [3.63, 3.8) is 0 Å². The molecule has 0 aromatic rings. The molecule has 0 nitrogen and oxygen atoms in total. The number of hydrogen-bond acceptors (Lipinski definition) is 0. The maximum Gasteiger partial charge on any atom is 1.00 e. The Morgan fingerprint density at radius 2 is 0.909 bits per heavy atom. The molecule has 11 heavy (non-hydrogen) atoms. The van der Waals surface area contributed by atoms with E-state index in [1.54, 1.807) is 0 Å². The van der Waals surface area contributed by atoms with E-state index in [9.17, 15) is 0 Å². The van der Waals surface area contributed by atoms with Crippen molar-refractivity contribution in [3.8, 4) is 0 Å². The van der Waals surface area contributed by atoms with Gasteiger partial charge in [-0.1, -0.05) is 65.2 Å². The molecule has 0 aliphatic heterocycles. The number of unbranched alkanes of at least 4 members (excludes halogenated alkanes) is 7. The van der Waals surface area contributed by atoms with Gasteiger partial charge >= 0.3 is 51.4 Å². The molecule has 0 spiro atoms. The zero-order valence-electron chi connectivity index (χ0n) is 9.66. The van der Waals surface area contributed by atoms with Crippen LogP contribution in [0.25, 0.3) is 0 Å². The molecule has 0 aromatic carbocycles. The van der Waals surface area contributed by atoms with Gasteiger partial charge in [0, 0.05) is 0 Å². The van der Waals surface area contributed by atoms with Crippen molar-refractivity contribution in [2.24, 2.45) is 0 Å². The Hall–Kier alpha value is 1.64. The SMILES string of the molecule is CCCCCCCCCC.[H-].[K+]. The van der Waals surface area contributed by atoms with Gasteiger partial charge in [-0.3, -0.25) is 0 Å². The molecule has 0 radical (unpaired) electrons.